The van der Waals surface area contributed by atoms with E-state index in [0.29, 0.717) is 29.7 Å². The zero-order chi connectivity index (χ0) is 21.0. The Labute approximate surface area is 173 Å². The van der Waals surface area contributed by atoms with Gasteiger partial charge in [0.05, 0.1) is 29.1 Å². The molecule has 2 N–H and O–H groups in total. The Bertz CT molecular complexity index is 1260. The molecule has 0 fully saturated rings. The lowest BCUT2D eigenvalue weighted by Crippen LogP contribution is -2.27. The Hall–Kier alpha value is -3.41. The van der Waals surface area contributed by atoms with Crippen LogP contribution in [0.3, 0.4) is 0 Å². The Morgan fingerprint density at radius 3 is 2.70 bits per heavy atom. The quantitative estimate of drug-likeness (QED) is 0.410. The summed E-state index contributed by atoms with van der Waals surface area (Å²) in [5, 5.41) is 3.08. The summed E-state index contributed by atoms with van der Waals surface area (Å²) < 4.78 is 33.6. The molecule has 0 bridgehead atoms. The number of imidazole rings is 1. The first-order valence-electron chi connectivity index (χ1n) is 9.04. The van der Waals surface area contributed by atoms with Gasteiger partial charge in [-0.2, -0.15) is 0 Å². The van der Waals surface area contributed by atoms with Gasteiger partial charge in [0.2, 0.25) is 21.7 Å². The summed E-state index contributed by atoms with van der Waals surface area (Å²) in [6, 6.07) is 9.92. The van der Waals surface area contributed by atoms with E-state index in [2.05, 4.69) is 30.0 Å². The summed E-state index contributed by atoms with van der Waals surface area (Å²) in [4.78, 5) is 17.4. The van der Waals surface area contributed by atoms with E-state index in [1.807, 2.05) is 16.7 Å². The molecule has 0 spiro atoms. The van der Waals surface area contributed by atoms with Gasteiger partial charge in [-0.25, -0.2) is 33.1 Å². The molecule has 4 aromatic rings. The van der Waals surface area contributed by atoms with Crippen LogP contribution in [0.1, 0.15) is 0 Å². The molecule has 10 nitrogen and oxygen atoms in total. The van der Waals surface area contributed by atoms with Crippen molar-refractivity contribution in [3.63, 3.8) is 0 Å². The van der Waals surface area contributed by atoms with E-state index in [1.165, 1.54) is 19.2 Å². The number of benzene rings is 1. The van der Waals surface area contributed by atoms with E-state index in [-0.39, 0.29) is 11.4 Å². The van der Waals surface area contributed by atoms with Crippen LogP contribution in [0.5, 0.6) is 0 Å². The molecule has 30 heavy (non-hydrogen) atoms. The van der Waals surface area contributed by atoms with Crippen molar-refractivity contribution in [3.05, 3.63) is 61.2 Å². The average molecular weight is 425 g/mol. The Balaban J connectivity index is 1.52. The van der Waals surface area contributed by atoms with Crippen molar-refractivity contribution in [1.82, 2.24) is 29.1 Å². The van der Waals surface area contributed by atoms with E-state index in [4.69, 9.17) is 4.74 Å². The Kier molecular flexibility index (Phi) is 5.65. The molecule has 0 aliphatic rings. The van der Waals surface area contributed by atoms with E-state index in [0.717, 1.165) is 5.69 Å². The lowest BCUT2D eigenvalue weighted by Gasteiger charge is -2.09. The van der Waals surface area contributed by atoms with Crippen molar-refractivity contribution in [2.24, 2.45) is 0 Å². The molecule has 0 atom stereocenters. The maximum Gasteiger partial charge on any atom is 0.240 e. The van der Waals surface area contributed by atoms with Gasteiger partial charge in [-0.05, 0) is 36.4 Å². The van der Waals surface area contributed by atoms with Crippen LogP contribution in [0.4, 0.5) is 11.6 Å². The second kappa shape index (κ2) is 8.53. The minimum Gasteiger partial charge on any atom is -0.383 e. The third-order valence-electron chi connectivity index (χ3n) is 4.23. The van der Waals surface area contributed by atoms with Crippen molar-refractivity contribution in [2.75, 3.05) is 25.6 Å². The predicted molar refractivity (Wildman–Crippen MR) is 111 cm³/mol. The van der Waals surface area contributed by atoms with E-state index >= 15 is 0 Å². The fourth-order valence-electron chi connectivity index (χ4n) is 2.79. The van der Waals surface area contributed by atoms with Crippen LogP contribution in [0, 0.1) is 0 Å². The summed E-state index contributed by atoms with van der Waals surface area (Å²) in [6.45, 7) is 0.507. The number of hydrogen-bond acceptors (Lipinski definition) is 8. The molecule has 0 radical (unpaired) electrons. The van der Waals surface area contributed by atoms with Crippen LogP contribution in [-0.2, 0) is 14.8 Å². The molecule has 3 heterocycles. The highest BCUT2D eigenvalue weighted by Gasteiger charge is 2.13. The fourth-order valence-corrected chi connectivity index (χ4v) is 3.80. The first kappa shape index (κ1) is 19.9. The van der Waals surface area contributed by atoms with Gasteiger partial charge < -0.3 is 10.1 Å². The molecule has 11 heteroatoms. The molecule has 154 valence electrons. The lowest BCUT2D eigenvalue weighted by atomic mass is 10.3. The maximum atomic E-state index is 12.2. The van der Waals surface area contributed by atoms with E-state index in [9.17, 15) is 8.42 Å². The molecule has 0 saturated heterocycles. The van der Waals surface area contributed by atoms with E-state index in [1.54, 1.807) is 36.8 Å². The van der Waals surface area contributed by atoms with Crippen molar-refractivity contribution in [1.29, 1.82) is 0 Å². The van der Waals surface area contributed by atoms with Crippen LogP contribution in [0.15, 0.2) is 66.1 Å². The first-order valence-corrected chi connectivity index (χ1v) is 10.5. The fraction of sp³-hybridized carbons (Fsp3) is 0.158. The number of aromatic nitrogens is 5. The van der Waals surface area contributed by atoms with Crippen molar-refractivity contribution in [3.8, 4) is 11.4 Å². The second-order valence-corrected chi connectivity index (χ2v) is 8.01. The van der Waals surface area contributed by atoms with Gasteiger partial charge in [-0.3, -0.25) is 4.40 Å². The second-order valence-electron chi connectivity index (χ2n) is 6.24. The molecular weight excluding hydrogens is 406 g/mol. The number of ether oxygens (including phenoxy) is 1. The SMILES string of the molecule is COCCNS(=O)(=O)c1ccc(Nc2nccc(-c3cnc4ncccn34)n2)cc1. The third kappa shape index (κ3) is 4.27. The number of methoxy groups -OCH3 is 1. The lowest BCUT2D eigenvalue weighted by molar-refractivity contribution is 0.204. The highest BCUT2D eigenvalue weighted by Crippen LogP contribution is 2.21. The number of sulfonamides is 1. The van der Waals surface area contributed by atoms with Gasteiger partial charge in [0, 0.05) is 37.9 Å². The van der Waals surface area contributed by atoms with Gasteiger partial charge in [0.1, 0.15) is 0 Å². The molecule has 4 rings (SSSR count). The van der Waals surface area contributed by atoms with Crippen molar-refractivity contribution >= 4 is 27.4 Å². The standard InChI is InChI=1S/C19H19N7O3S/c1-29-12-10-23-30(27,28)15-5-3-14(4-6-15)24-18-20-9-7-16(25-18)17-13-22-19-21-8-2-11-26(17)19/h2-9,11,13,23H,10,12H2,1H3,(H,20,24,25). The number of hydrogen-bond donors (Lipinski definition) is 2. The summed E-state index contributed by atoms with van der Waals surface area (Å²) in [5.74, 6) is 0.955. The highest BCUT2D eigenvalue weighted by molar-refractivity contribution is 7.89. The van der Waals surface area contributed by atoms with Gasteiger partial charge in [0.15, 0.2) is 0 Å². The summed E-state index contributed by atoms with van der Waals surface area (Å²) in [7, 11) is -2.07. The average Bonchev–Trinajstić information content (AvgIpc) is 3.19. The molecular formula is C19H19N7O3S. The largest absolute Gasteiger partial charge is 0.383 e. The van der Waals surface area contributed by atoms with Crippen LogP contribution in [0.25, 0.3) is 17.2 Å². The molecule has 1 aromatic carbocycles. The summed E-state index contributed by atoms with van der Waals surface area (Å²) >= 11 is 0. The topological polar surface area (TPSA) is 123 Å². The molecule has 3 aromatic heterocycles. The number of nitrogens with one attached hydrogen (secondary N) is 2. The summed E-state index contributed by atoms with van der Waals surface area (Å²) in [5.41, 5.74) is 2.12. The number of nitrogens with zero attached hydrogens (tertiary/aromatic N) is 5. The molecule has 0 saturated carbocycles. The minimum absolute atomic E-state index is 0.164. The van der Waals surface area contributed by atoms with E-state index < -0.39 is 10.0 Å². The zero-order valence-electron chi connectivity index (χ0n) is 16.1. The predicted octanol–water partition coefficient (Wildman–Crippen LogP) is 1.85. The molecule has 0 aliphatic heterocycles. The van der Waals surface area contributed by atoms with Crippen molar-refractivity contribution in [2.45, 2.75) is 4.90 Å². The number of rotatable bonds is 8. The van der Waals surface area contributed by atoms with Crippen LogP contribution < -0.4 is 10.0 Å². The van der Waals surface area contributed by atoms with Gasteiger partial charge in [-0.15, -0.1) is 0 Å². The first-order chi connectivity index (χ1) is 14.6. The number of anilines is 2. The highest BCUT2D eigenvalue weighted by atomic mass is 32.2. The Morgan fingerprint density at radius 2 is 1.90 bits per heavy atom. The zero-order valence-corrected chi connectivity index (χ0v) is 16.9. The van der Waals surface area contributed by atoms with Crippen LogP contribution >= 0.6 is 0 Å². The van der Waals surface area contributed by atoms with Crippen LogP contribution in [0.2, 0.25) is 0 Å². The minimum atomic E-state index is -3.58. The van der Waals surface area contributed by atoms with Gasteiger partial charge >= 0.3 is 0 Å². The monoisotopic (exact) mass is 425 g/mol. The maximum absolute atomic E-state index is 12.2. The summed E-state index contributed by atoms with van der Waals surface area (Å²) in [6.07, 6.45) is 6.87. The van der Waals surface area contributed by atoms with Crippen molar-refractivity contribution < 1.29 is 13.2 Å². The van der Waals surface area contributed by atoms with Gasteiger partial charge in [-0.1, -0.05) is 0 Å². The van der Waals surface area contributed by atoms with Crippen LogP contribution in [-0.4, -0.2) is 53.0 Å². The molecule has 0 aliphatic carbocycles. The third-order valence-corrected chi connectivity index (χ3v) is 5.70. The number of fused-ring (bicyclic) bond motifs is 1. The molecule has 0 unspecified atom stereocenters. The normalized spacial score (nSPS) is 11.6. The Morgan fingerprint density at radius 1 is 1.07 bits per heavy atom. The molecule has 0 amide bonds. The smallest absolute Gasteiger partial charge is 0.240 e. The van der Waals surface area contributed by atoms with Gasteiger partial charge in [0.25, 0.3) is 0 Å².